The highest BCUT2D eigenvalue weighted by molar-refractivity contribution is 7.92. The van der Waals surface area contributed by atoms with E-state index >= 15 is 0 Å². The third kappa shape index (κ3) is 9.12. The van der Waals surface area contributed by atoms with Gasteiger partial charge in [0.2, 0.25) is 21.8 Å². The van der Waals surface area contributed by atoms with Crippen LogP contribution < -0.4 is 9.62 Å². The molecule has 0 aliphatic heterocycles. The normalized spacial score (nSPS) is 15.0. The van der Waals surface area contributed by atoms with Crippen LogP contribution in [0, 0.1) is 6.92 Å². The van der Waals surface area contributed by atoms with Gasteiger partial charge in [-0.2, -0.15) is 0 Å². The van der Waals surface area contributed by atoms with E-state index in [0.29, 0.717) is 22.2 Å². The number of hydrogen-bond donors (Lipinski definition) is 1. The molecule has 0 bridgehead atoms. The van der Waals surface area contributed by atoms with Gasteiger partial charge in [0.15, 0.2) is 0 Å². The first-order chi connectivity index (χ1) is 18.5. The Labute approximate surface area is 242 Å². The van der Waals surface area contributed by atoms with Crippen molar-refractivity contribution in [2.45, 2.75) is 83.8 Å². The molecule has 0 unspecified atom stereocenters. The van der Waals surface area contributed by atoms with Crippen molar-refractivity contribution in [1.29, 1.82) is 0 Å². The Morgan fingerprint density at radius 3 is 2.28 bits per heavy atom. The third-order valence-corrected chi connectivity index (χ3v) is 8.86. The fourth-order valence-corrected chi connectivity index (χ4v) is 6.39. The lowest BCUT2D eigenvalue weighted by atomic mass is 9.95. The summed E-state index contributed by atoms with van der Waals surface area (Å²) in [6, 6.07) is 11.8. The van der Waals surface area contributed by atoms with Gasteiger partial charge in [-0.15, -0.1) is 0 Å². The first-order valence-corrected chi connectivity index (χ1v) is 16.2. The van der Waals surface area contributed by atoms with Gasteiger partial charge in [0.1, 0.15) is 6.04 Å². The summed E-state index contributed by atoms with van der Waals surface area (Å²) in [5.74, 6) is -0.342. The van der Waals surface area contributed by atoms with Gasteiger partial charge >= 0.3 is 0 Å². The van der Waals surface area contributed by atoms with Crippen LogP contribution in [0.4, 0.5) is 5.69 Å². The van der Waals surface area contributed by atoms with Gasteiger partial charge in [-0.3, -0.25) is 13.9 Å². The molecule has 1 N–H and O–H groups in total. The molecule has 10 heteroatoms. The minimum atomic E-state index is -3.61. The summed E-state index contributed by atoms with van der Waals surface area (Å²) >= 11 is 12.2. The maximum atomic E-state index is 13.6. The number of carbonyl (C=O) groups is 2. The highest BCUT2D eigenvalue weighted by Gasteiger charge is 2.30. The number of benzene rings is 2. The number of amides is 2. The van der Waals surface area contributed by atoms with Gasteiger partial charge in [-0.25, -0.2) is 8.42 Å². The molecular weight excluding hydrogens is 557 g/mol. The lowest BCUT2D eigenvalue weighted by molar-refractivity contribution is -0.141. The van der Waals surface area contributed by atoms with Crippen LogP contribution in [0.25, 0.3) is 0 Å². The molecule has 1 aliphatic carbocycles. The van der Waals surface area contributed by atoms with E-state index in [1.807, 2.05) is 26.0 Å². The van der Waals surface area contributed by atoms with E-state index in [0.717, 1.165) is 43.1 Å². The van der Waals surface area contributed by atoms with E-state index in [-0.39, 0.29) is 43.8 Å². The zero-order valence-corrected chi connectivity index (χ0v) is 25.3. The standard InChI is InChI=1S/C29H39Cl2N3O4S/c1-4-26(29(36)32-25-9-6-5-7-10-25)33(20-22-13-16-23(30)17-14-22)28(35)11-8-18-34(39(3,37)38)27-19-24(31)15-12-21(27)2/h12-17,19,25-26H,4-11,18,20H2,1-3H3,(H,32,36)/t26-/m1/s1. The van der Waals surface area contributed by atoms with Gasteiger partial charge in [0.05, 0.1) is 11.9 Å². The number of nitrogens with one attached hydrogen (secondary N) is 1. The minimum absolute atomic E-state index is 0.0897. The van der Waals surface area contributed by atoms with Gasteiger partial charge in [-0.05, 0) is 68.0 Å². The smallest absolute Gasteiger partial charge is 0.243 e. The average Bonchev–Trinajstić information content (AvgIpc) is 2.89. The predicted octanol–water partition coefficient (Wildman–Crippen LogP) is 6.10. The van der Waals surface area contributed by atoms with Crippen molar-refractivity contribution in [3.63, 3.8) is 0 Å². The molecular formula is C29H39Cl2N3O4S. The highest BCUT2D eigenvalue weighted by atomic mass is 35.5. The number of anilines is 1. The Balaban J connectivity index is 1.77. The van der Waals surface area contributed by atoms with E-state index in [9.17, 15) is 18.0 Å². The number of rotatable bonds is 12. The largest absolute Gasteiger partial charge is 0.352 e. The van der Waals surface area contributed by atoms with Crippen molar-refractivity contribution in [1.82, 2.24) is 10.2 Å². The van der Waals surface area contributed by atoms with Crippen LogP contribution in [0.3, 0.4) is 0 Å². The number of carbonyl (C=O) groups excluding carboxylic acids is 2. The second kappa shape index (κ2) is 14.4. The van der Waals surface area contributed by atoms with Gasteiger partial charge in [-0.1, -0.05) is 67.6 Å². The Morgan fingerprint density at radius 2 is 1.67 bits per heavy atom. The molecule has 7 nitrogen and oxygen atoms in total. The molecule has 0 aromatic heterocycles. The second-order valence-corrected chi connectivity index (χ2v) is 13.1. The summed E-state index contributed by atoms with van der Waals surface area (Å²) in [6.45, 7) is 4.10. The SMILES string of the molecule is CC[C@H](C(=O)NC1CCCCC1)N(Cc1ccc(Cl)cc1)C(=O)CCCN(c1cc(Cl)ccc1C)S(C)(=O)=O. The van der Waals surface area contributed by atoms with Crippen LogP contribution in [0.5, 0.6) is 0 Å². The Hall–Kier alpha value is -2.29. The number of sulfonamides is 1. The zero-order valence-electron chi connectivity index (χ0n) is 23.0. The number of nitrogens with zero attached hydrogens (tertiary/aromatic N) is 2. The lowest BCUT2D eigenvalue weighted by Crippen LogP contribution is -2.51. The second-order valence-electron chi connectivity index (χ2n) is 10.3. The molecule has 0 saturated heterocycles. The topological polar surface area (TPSA) is 86.8 Å². The molecule has 0 radical (unpaired) electrons. The highest BCUT2D eigenvalue weighted by Crippen LogP contribution is 2.27. The van der Waals surface area contributed by atoms with E-state index in [2.05, 4.69) is 5.32 Å². The fourth-order valence-electron chi connectivity index (χ4n) is 5.08. The van der Waals surface area contributed by atoms with Gasteiger partial charge in [0, 0.05) is 35.6 Å². The van der Waals surface area contributed by atoms with Gasteiger partial charge in [0.25, 0.3) is 0 Å². The predicted molar refractivity (Wildman–Crippen MR) is 159 cm³/mol. The van der Waals surface area contributed by atoms with E-state index in [4.69, 9.17) is 23.2 Å². The van der Waals surface area contributed by atoms with Crippen molar-refractivity contribution < 1.29 is 18.0 Å². The quantitative estimate of drug-likeness (QED) is 0.321. The van der Waals surface area contributed by atoms with Crippen LogP contribution in [0.2, 0.25) is 10.0 Å². The van der Waals surface area contributed by atoms with E-state index < -0.39 is 16.1 Å². The van der Waals surface area contributed by atoms with Crippen LogP contribution in [0.1, 0.15) is 69.4 Å². The molecule has 0 heterocycles. The molecule has 214 valence electrons. The number of halogens is 2. The van der Waals surface area contributed by atoms with Gasteiger partial charge < -0.3 is 10.2 Å². The first-order valence-electron chi connectivity index (χ1n) is 13.6. The van der Waals surface area contributed by atoms with Crippen LogP contribution in [-0.4, -0.2) is 50.0 Å². The summed E-state index contributed by atoms with van der Waals surface area (Å²) in [4.78, 5) is 28.6. The summed E-state index contributed by atoms with van der Waals surface area (Å²) in [6.07, 6.45) is 7.27. The molecule has 3 rings (SSSR count). The summed E-state index contributed by atoms with van der Waals surface area (Å²) in [5.41, 5.74) is 2.13. The maximum absolute atomic E-state index is 13.6. The minimum Gasteiger partial charge on any atom is -0.352 e. The summed E-state index contributed by atoms with van der Waals surface area (Å²) < 4.78 is 26.6. The first kappa shape index (κ1) is 31.2. The van der Waals surface area contributed by atoms with Crippen molar-refractivity contribution in [3.05, 3.63) is 63.6 Å². The molecule has 0 spiro atoms. The molecule has 1 aliphatic rings. The van der Waals surface area contributed by atoms with E-state index in [1.54, 1.807) is 35.2 Å². The Kier molecular flexibility index (Phi) is 11.5. The van der Waals surface area contributed by atoms with Crippen LogP contribution >= 0.6 is 23.2 Å². The van der Waals surface area contributed by atoms with E-state index in [1.165, 1.54) is 10.7 Å². The van der Waals surface area contributed by atoms with Crippen molar-refractivity contribution in [3.8, 4) is 0 Å². The maximum Gasteiger partial charge on any atom is 0.243 e. The molecule has 1 atom stereocenters. The lowest BCUT2D eigenvalue weighted by Gasteiger charge is -2.33. The van der Waals surface area contributed by atoms with Crippen LogP contribution in [0.15, 0.2) is 42.5 Å². The summed E-state index contributed by atoms with van der Waals surface area (Å²) in [5, 5.41) is 4.20. The number of aryl methyl sites for hydroxylation is 1. The summed E-state index contributed by atoms with van der Waals surface area (Å²) in [7, 11) is -3.61. The molecule has 2 amide bonds. The molecule has 39 heavy (non-hydrogen) atoms. The van der Waals surface area contributed by atoms with Crippen molar-refractivity contribution >= 4 is 50.7 Å². The van der Waals surface area contributed by atoms with Crippen molar-refractivity contribution in [2.75, 3.05) is 17.1 Å². The monoisotopic (exact) mass is 595 g/mol. The molecule has 1 fully saturated rings. The number of hydrogen-bond acceptors (Lipinski definition) is 4. The zero-order chi connectivity index (χ0) is 28.6. The molecule has 2 aromatic rings. The average molecular weight is 597 g/mol. The van der Waals surface area contributed by atoms with Crippen molar-refractivity contribution in [2.24, 2.45) is 0 Å². The Bertz CT molecular complexity index is 1230. The molecule has 2 aromatic carbocycles. The Morgan fingerprint density at radius 1 is 1.03 bits per heavy atom. The van der Waals surface area contributed by atoms with Crippen LogP contribution in [-0.2, 0) is 26.2 Å². The third-order valence-electron chi connectivity index (χ3n) is 7.20. The fraction of sp³-hybridized carbons (Fsp3) is 0.517. The molecule has 1 saturated carbocycles.